The SMILES string of the molecule is CC(C)Oc1ccc(C(=O)N(CCN2CCOCC2)c2nc3c(F)cccc3s2)cc1. The molecule has 31 heavy (non-hydrogen) atoms. The van der Waals surface area contributed by atoms with E-state index in [2.05, 4.69) is 9.88 Å². The first-order chi connectivity index (χ1) is 15.0. The largest absolute Gasteiger partial charge is 0.491 e. The Morgan fingerprint density at radius 1 is 1.23 bits per heavy atom. The van der Waals surface area contributed by atoms with E-state index in [1.165, 1.54) is 17.4 Å². The Morgan fingerprint density at radius 2 is 1.97 bits per heavy atom. The lowest BCUT2D eigenvalue weighted by Gasteiger charge is -2.29. The normalized spacial score (nSPS) is 14.8. The summed E-state index contributed by atoms with van der Waals surface area (Å²) in [4.78, 5) is 21.8. The summed E-state index contributed by atoms with van der Waals surface area (Å²) >= 11 is 1.33. The van der Waals surface area contributed by atoms with E-state index in [1.54, 1.807) is 35.2 Å². The molecule has 3 aromatic rings. The van der Waals surface area contributed by atoms with Crippen LogP contribution in [0.1, 0.15) is 24.2 Å². The van der Waals surface area contributed by atoms with Gasteiger partial charge in [-0.05, 0) is 50.2 Å². The van der Waals surface area contributed by atoms with Crippen LogP contribution in [0.5, 0.6) is 5.75 Å². The minimum absolute atomic E-state index is 0.0595. The number of amides is 1. The summed E-state index contributed by atoms with van der Waals surface area (Å²) in [6.45, 7) is 8.12. The first-order valence-electron chi connectivity index (χ1n) is 10.4. The highest BCUT2D eigenvalue weighted by Crippen LogP contribution is 2.31. The third-order valence-electron chi connectivity index (χ3n) is 5.05. The van der Waals surface area contributed by atoms with E-state index in [1.807, 2.05) is 19.9 Å². The minimum Gasteiger partial charge on any atom is -0.491 e. The standard InChI is InChI=1S/C23H26FN3O3S/c1-16(2)30-18-8-6-17(7-9-18)22(28)27(11-10-26-12-14-29-15-13-26)23-25-21-19(24)4-3-5-20(21)31-23/h3-9,16H,10-15H2,1-2H3. The van der Waals surface area contributed by atoms with Gasteiger partial charge in [-0.15, -0.1) is 0 Å². The Morgan fingerprint density at radius 3 is 2.65 bits per heavy atom. The van der Waals surface area contributed by atoms with Gasteiger partial charge in [0, 0.05) is 31.7 Å². The second-order valence-corrected chi connectivity index (χ2v) is 8.69. The molecule has 1 aliphatic rings. The second kappa shape index (κ2) is 9.72. The number of hydrogen-bond acceptors (Lipinski definition) is 6. The quantitative estimate of drug-likeness (QED) is 0.548. The van der Waals surface area contributed by atoms with Crippen molar-refractivity contribution in [2.45, 2.75) is 20.0 Å². The third kappa shape index (κ3) is 5.20. The van der Waals surface area contributed by atoms with E-state index in [9.17, 15) is 9.18 Å². The van der Waals surface area contributed by atoms with Crippen molar-refractivity contribution >= 4 is 32.6 Å². The molecule has 0 unspecified atom stereocenters. The lowest BCUT2D eigenvalue weighted by atomic mass is 10.2. The highest BCUT2D eigenvalue weighted by atomic mass is 32.1. The van der Waals surface area contributed by atoms with Gasteiger partial charge in [0.15, 0.2) is 5.13 Å². The van der Waals surface area contributed by atoms with E-state index < -0.39 is 0 Å². The van der Waals surface area contributed by atoms with Crippen molar-refractivity contribution < 1.29 is 18.7 Å². The van der Waals surface area contributed by atoms with E-state index in [0.717, 1.165) is 17.8 Å². The number of para-hydroxylation sites is 1. The second-order valence-electron chi connectivity index (χ2n) is 7.68. The van der Waals surface area contributed by atoms with Crippen molar-refractivity contribution in [2.75, 3.05) is 44.3 Å². The van der Waals surface area contributed by atoms with Crippen LogP contribution >= 0.6 is 11.3 Å². The number of aromatic nitrogens is 1. The van der Waals surface area contributed by atoms with E-state index >= 15 is 0 Å². The number of fused-ring (bicyclic) bond motifs is 1. The highest BCUT2D eigenvalue weighted by Gasteiger charge is 2.23. The molecule has 0 N–H and O–H groups in total. The Kier molecular flexibility index (Phi) is 6.80. The van der Waals surface area contributed by atoms with Crippen LogP contribution in [0.15, 0.2) is 42.5 Å². The molecule has 1 saturated heterocycles. The summed E-state index contributed by atoms with van der Waals surface area (Å²) in [6.07, 6.45) is 0.0595. The Bertz CT molecular complexity index is 1030. The predicted molar refractivity (Wildman–Crippen MR) is 121 cm³/mol. The number of morpholine rings is 1. The maximum absolute atomic E-state index is 14.2. The summed E-state index contributed by atoms with van der Waals surface area (Å²) in [7, 11) is 0. The van der Waals surface area contributed by atoms with Crippen LogP contribution in [0.25, 0.3) is 10.2 Å². The summed E-state index contributed by atoms with van der Waals surface area (Å²) < 4.78 is 26.0. The molecule has 6 nitrogen and oxygen atoms in total. The van der Waals surface area contributed by atoms with E-state index in [-0.39, 0.29) is 17.8 Å². The van der Waals surface area contributed by atoms with Gasteiger partial charge in [0.05, 0.1) is 24.0 Å². The molecule has 0 saturated carbocycles. The van der Waals surface area contributed by atoms with Crippen molar-refractivity contribution in [3.8, 4) is 5.75 Å². The Labute approximate surface area is 185 Å². The minimum atomic E-state index is -0.379. The molecule has 0 aliphatic carbocycles. The number of rotatable bonds is 7. The Hall–Kier alpha value is -2.55. The fraction of sp³-hybridized carbons (Fsp3) is 0.391. The molecule has 8 heteroatoms. The van der Waals surface area contributed by atoms with Crippen LogP contribution in [0.4, 0.5) is 9.52 Å². The molecule has 4 rings (SSSR count). The van der Waals surface area contributed by atoms with Gasteiger partial charge in [0.1, 0.15) is 17.1 Å². The zero-order chi connectivity index (χ0) is 21.8. The van der Waals surface area contributed by atoms with Crippen LogP contribution in [0.2, 0.25) is 0 Å². The topological polar surface area (TPSA) is 54.9 Å². The molecule has 0 radical (unpaired) electrons. The van der Waals surface area contributed by atoms with Gasteiger partial charge in [-0.1, -0.05) is 17.4 Å². The predicted octanol–water partition coefficient (Wildman–Crippen LogP) is 4.20. The molecule has 2 heterocycles. The summed E-state index contributed by atoms with van der Waals surface area (Å²) in [5.41, 5.74) is 0.838. The molecule has 0 bridgehead atoms. The van der Waals surface area contributed by atoms with Gasteiger partial charge in [-0.25, -0.2) is 9.37 Å². The van der Waals surface area contributed by atoms with Gasteiger partial charge in [-0.3, -0.25) is 14.6 Å². The van der Waals surface area contributed by atoms with Gasteiger partial charge in [0.25, 0.3) is 5.91 Å². The first kappa shape index (κ1) is 21.7. The van der Waals surface area contributed by atoms with Crippen molar-refractivity contribution in [1.82, 2.24) is 9.88 Å². The monoisotopic (exact) mass is 443 g/mol. The molecule has 2 aromatic carbocycles. The van der Waals surface area contributed by atoms with Crippen LogP contribution in [-0.2, 0) is 4.74 Å². The average molecular weight is 444 g/mol. The van der Waals surface area contributed by atoms with Crippen LogP contribution < -0.4 is 9.64 Å². The lowest BCUT2D eigenvalue weighted by molar-refractivity contribution is 0.0391. The summed E-state index contributed by atoms with van der Waals surface area (Å²) in [5, 5.41) is 0.501. The number of halogens is 1. The van der Waals surface area contributed by atoms with Crippen LogP contribution in [0, 0.1) is 5.82 Å². The van der Waals surface area contributed by atoms with Gasteiger partial charge in [-0.2, -0.15) is 0 Å². The number of carbonyl (C=O) groups is 1. The molecule has 1 aromatic heterocycles. The first-order valence-corrected chi connectivity index (χ1v) is 11.3. The van der Waals surface area contributed by atoms with Gasteiger partial charge >= 0.3 is 0 Å². The van der Waals surface area contributed by atoms with Crippen molar-refractivity contribution in [1.29, 1.82) is 0 Å². The fourth-order valence-corrected chi connectivity index (χ4v) is 4.48. The number of hydrogen-bond donors (Lipinski definition) is 0. The molecule has 0 spiro atoms. The molecule has 0 atom stereocenters. The molecular weight excluding hydrogens is 417 g/mol. The maximum atomic E-state index is 14.2. The van der Waals surface area contributed by atoms with Crippen molar-refractivity contribution in [2.24, 2.45) is 0 Å². The van der Waals surface area contributed by atoms with Crippen LogP contribution in [0.3, 0.4) is 0 Å². The number of benzene rings is 2. The number of ether oxygens (including phenoxy) is 2. The fourth-order valence-electron chi connectivity index (χ4n) is 3.47. The van der Waals surface area contributed by atoms with E-state index in [4.69, 9.17) is 9.47 Å². The third-order valence-corrected chi connectivity index (χ3v) is 6.09. The van der Waals surface area contributed by atoms with Crippen molar-refractivity contribution in [3.63, 3.8) is 0 Å². The van der Waals surface area contributed by atoms with Gasteiger partial charge < -0.3 is 9.47 Å². The van der Waals surface area contributed by atoms with Gasteiger partial charge in [0.2, 0.25) is 0 Å². The maximum Gasteiger partial charge on any atom is 0.260 e. The zero-order valence-electron chi connectivity index (χ0n) is 17.7. The summed E-state index contributed by atoms with van der Waals surface area (Å²) in [6, 6.07) is 12.0. The smallest absolute Gasteiger partial charge is 0.260 e. The lowest BCUT2D eigenvalue weighted by Crippen LogP contribution is -2.43. The summed E-state index contributed by atoms with van der Waals surface area (Å²) in [5.74, 6) is 0.174. The van der Waals surface area contributed by atoms with Crippen molar-refractivity contribution in [3.05, 3.63) is 53.8 Å². The molecule has 1 aliphatic heterocycles. The number of thiazole rings is 1. The molecule has 164 valence electrons. The number of carbonyl (C=O) groups excluding carboxylic acids is 1. The molecular formula is C23H26FN3O3S. The van der Waals surface area contributed by atoms with E-state index in [0.29, 0.717) is 48.3 Å². The average Bonchev–Trinajstić information content (AvgIpc) is 3.20. The molecule has 1 amide bonds. The Balaban J connectivity index is 1.60. The molecule has 1 fully saturated rings. The zero-order valence-corrected chi connectivity index (χ0v) is 18.5. The highest BCUT2D eigenvalue weighted by molar-refractivity contribution is 7.22. The number of nitrogens with zero attached hydrogens (tertiary/aromatic N) is 3. The number of anilines is 1. The van der Waals surface area contributed by atoms with Crippen LogP contribution in [-0.4, -0.2) is 61.3 Å².